The number of carbonyl (C=O) groups excluding carboxylic acids is 3. The average molecular weight is 306 g/mol. The fourth-order valence-corrected chi connectivity index (χ4v) is 1.88. The third-order valence-electron chi connectivity index (χ3n) is 2.89. The molecule has 2 amide bonds. The van der Waals surface area contributed by atoms with Crippen molar-refractivity contribution in [3.05, 3.63) is 35.9 Å². The van der Waals surface area contributed by atoms with Crippen molar-refractivity contribution in [3.8, 4) is 0 Å². The van der Waals surface area contributed by atoms with Gasteiger partial charge in [0.25, 0.3) is 0 Å². The van der Waals surface area contributed by atoms with Crippen molar-refractivity contribution < 1.29 is 19.1 Å². The van der Waals surface area contributed by atoms with Crippen LogP contribution in [-0.2, 0) is 20.9 Å². The summed E-state index contributed by atoms with van der Waals surface area (Å²) in [6, 6.07) is 8.55. The predicted octanol–water partition coefficient (Wildman–Crippen LogP) is 1.64. The number of carbonyl (C=O) groups is 3. The molecule has 120 valence electrons. The zero-order chi connectivity index (χ0) is 16.4. The van der Waals surface area contributed by atoms with Crippen LogP contribution in [0.1, 0.15) is 25.8 Å². The van der Waals surface area contributed by atoms with Gasteiger partial charge in [0.05, 0.1) is 6.54 Å². The van der Waals surface area contributed by atoms with Crippen molar-refractivity contribution in [2.45, 2.75) is 32.9 Å². The van der Waals surface area contributed by atoms with Gasteiger partial charge in [-0.15, -0.1) is 0 Å². The van der Waals surface area contributed by atoms with Gasteiger partial charge in [-0.05, 0) is 17.9 Å². The van der Waals surface area contributed by atoms with Crippen molar-refractivity contribution in [1.29, 1.82) is 0 Å². The Morgan fingerprint density at radius 1 is 1.23 bits per heavy atom. The van der Waals surface area contributed by atoms with Crippen LogP contribution in [0.3, 0.4) is 0 Å². The number of aldehydes is 1. The lowest BCUT2D eigenvalue weighted by atomic mass is 10.0. The molecule has 1 atom stereocenters. The van der Waals surface area contributed by atoms with Crippen molar-refractivity contribution in [1.82, 2.24) is 10.6 Å². The lowest BCUT2D eigenvalue weighted by Crippen LogP contribution is -2.47. The third-order valence-corrected chi connectivity index (χ3v) is 2.89. The van der Waals surface area contributed by atoms with Gasteiger partial charge in [-0.3, -0.25) is 4.79 Å². The Morgan fingerprint density at radius 3 is 2.50 bits per heavy atom. The minimum atomic E-state index is -0.719. The van der Waals surface area contributed by atoms with Crippen LogP contribution in [0, 0.1) is 5.92 Å². The van der Waals surface area contributed by atoms with E-state index < -0.39 is 18.0 Å². The van der Waals surface area contributed by atoms with Crippen LogP contribution in [0.4, 0.5) is 4.79 Å². The second-order valence-electron chi connectivity index (χ2n) is 5.30. The van der Waals surface area contributed by atoms with Gasteiger partial charge in [0.2, 0.25) is 5.91 Å². The van der Waals surface area contributed by atoms with E-state index in [0.717, 1.165) is 5.56 Å². The minimum absolute atomic E-state index is 0.0752. The molecule has 1 aromatic carbocycles. The van der Waals surface area contributed by atoms with Gasteiger partial charge in [-0.25, -0.2) is 4.79 Å². The van der Waals surface area contributed by atoms with E-state index in [4.69, 9.17) is 4.74 Å². The monoisotopic (exact) mass is 306 g/mol. The van der Waals surface area contributed by atoms with E-state index in [0.29, 0.717) is 12.7 Å². The molecule has 0 aliphatic carbocycles. The minimum Gasteiger partial charge on any atom is -0.445 e. The van der Waals surface area contributed by atoms with Crippen LogP contribution in [0.25, 0.3) is 0 Å². The fourth-order valence-electron chi connectivity index (χ4n) is 1.88. The number of benzene rings is 1. The number of rotatable bonds is 8. The predicted molar refractivity (Wildman–Crippen MR) is 82.1 cm³/mol. The normalized spacial score (nSPS) is 11.6. The molecular weight excluding hydrogens is 284 g/mol. The lowest BCUT2D eigenvalue weighted by molar-refractivity contribution is -0.124. The zero-order valence-corrected chi connectivity index (χ0v) is 12.9. The van der Waals surface area contributed by atoms with Crippen LogP contribution in [0.15, 0.2) is 30.3 Å². The number of alkyl carbamates (subject to hydrolysis) is 1. The summed E-state index contributed by atoms with van der Waals surface area (Å²) in [6.45, 7) is 3.94. The van der Waals surface area contributed by atoms with E-state index in [1.165, 1.54) is 0 Å². The Bertz CT molecular complexity index is 488. The van der Waals surface area contributed by atoms with Gasteiger partial charge in [0.15, 0.2) is 0 Å². The molecule has 6 nitrogen and oxygen atoms in total. The molecule has 0 heterocycles. The Balaban J connectivity index is 2.50. The van der Waals surface area contributed by atoms with Gasteiger partial charge in [0, 0.05) is 0 Å². The summed E-state index contributed by atoms with van der Waals surface area (Å²) in [7, 11) is 0. The van der Waals surface area contributed by atoms with Crippen molar-refractivity contribution in [2.24, 2.45) is 5.92 Å². The molecule has 1 rings (SSSR count). The highest BCUT2D eigenvalue weighted by Crippen LogP contribution is 2.06. The lowest BCUT2D eigenvalue weighted by Gasteiger charge is -2.19. The number of hydrogen-bond donors (Lipinski definition) is 2. The largest absolute Gasteiger partial charge is 0.445 e. The third kappa shape index (κ3) is 6.88. The van der Waals surface area contributed by atoms with E-state index in [-0.39, 0.29) is 19.1 Å². The van der Waals surface area contributed by atoms with Crippen molar-refractivity contribution in [3.63, 3.8) is 0 Å². The summed E-state index contributed by atoms with van der Waals surface area (Å²) >= 11 is 0. The van der Waals surface area contributed by atoms with E-state index in [1.807, 2.05) is 44.2 Å². The maximum Gasteiger partial charge on any atom is 0.408 e. The first-order chi connectivity index (χ1) is 10.5. The van der Waals surface area contributed by atoms with Crippen LogP contribution >= 0.6 is 0 Å². The van der Waals surface area contributed by atoms with Crippen LogP contribution in [0.2, 0.25) is 0 Å². The molecule has 0 unspecified atom stereocenters. The van der Waals surface area contributed by atoms with Gasteiger partial charge in [0.1, 0.15) is 18.9 Å². The molecule has 1 aromatic rings. The summed E-state index contributed by atoms with van der Waals surface area (Å²) < 4.78 is 5.10. The molecule has 22 heavy (non-hydrogen) atoms. The summed E-state index contributed by atoms with van der Waals surface area (Å²) in [5.74, 6) is -0.182. The first kappa shape index (κ1) is 17.7. The van der Waals surface area contributed by atoms with E-state index in [2.05, 4.69) is 10.6 Å². The number of amides is 2. The van der Waals surface area contributed by atoms with Gasteiger partial charge >= 0.3 is 6.09 Å². The molecule has 0 aromatic heterocycles. The molecule has 0 radical (unpaired) electrons. The van der Waals surface area contributed by atoms with Crippen molar-refractivity contribution >= 4 is 18.3 Å². The Kier molecular flexibility index (Phi) is 7.67. The quantitative estimate of drug-likeness (QED) is 0.715. The molecule has 0 aliphatic heterocycles. The molecule has 0 saturated heterocycles. The highest BCUT2D eigenvalue weighted by atomic mass is 16.5. The molecule has 0 bridgehead atoms. The van der Waals surface area contributed by atoms with E-state index in [1.54, 1.807) is 0 Å². The molecular formula is C16H22N2O4. The summed E-state index contributed by atoms with van der Waals surface area (Å²) in [5.41, 5.74) is 0.864. The second-order valence-corrected chi connectivity index (χ2v) is 5.30. The standard InChI is InChI=1S/C16H22N2O4/c1-12(2)10-14(15(20)17-8-9-19)18-16(21)22-11-13-6-4-3-5-7-13/h3-7,9,12,14H,8,10-11H2,1-2H3,(H,17,20)(H,18,21)/t14-/m0/s1. The maximum atomic E-state index is 11.9. The first-order valence-electron chi connectivity index (χ1n) is 7.21. The van der Waals surface area contributed by atoms with E-state index >= 15 is 0 Å². The zero-order valence-electron chi connectivity index (χ0n) is 12.9. The molecule has 0 saturated carbocycles. The maximum absolute atomic E-state index is 11.9. The van der Waals surface area contributed by atoms with Gasteiger partial charge < -0.3 is 20.2 Å². The molecule has 0 aliphatic rings. The van der Waals surface area contributed by atoms with Gasteiger partial charge in [-0.1, -0.05) is 44.2 Å². The highest BCUT2D eigenvalue weighted by molar-refractivity contribution is 5.86. The topological polar surface area (TPSA) is 84.5 Å². The SMILES string of the molecule is CC(C)C[C@H](NC(=O)OCc1ccccc1)C(=O)NCC=O. The van der Waals surface area contributed by atoms with Crippen LogP contribution < -0.4 is 10.6 Å². The Morgan fingerprint density at radius 2 is 1.91 bits per heavy atom. The summed E-state index contributed by atoms with van der Waals surface area (Å²) in [4.78, 5) is 34.0. The molecule has 2 N–H and O–H groups in total. The molecule has 0 spiro atoms. The number of hydrogen-bond acceptors (Lipinski definition) is 4. The number of ether oxygens (including phenoxy) is 1. The highest BCUT2D eigenvalue weighted by Gasteiger charge is 2.22. The molecule has 6 heteroatoms. The van der Waals surface area contributed by atoms with Crippen molar-refractivity contribution in [2.75, 3.05) is 6.54 Å². The fraction of sp³-hybridized carbons (Fsp3) is 0.438. The van der Waals surface area contributed by atoms with Gasteiger partial charge in [-0.2, -0.15) is 0 Å². The number of nitrogens with one attached hydrogen (secondary N) is 2. The molecule has 0 fully saturated rings. The first-order valence-corrected chi connectivity index (χ1v) is 7.21. The summed E-state index contributed by atoms with van der Waals surface area (Å²) in [6.07, 6.45) is 0.402. The van der Waals surface area contributed by atoms with E-state index in [9.17, 15) is 14.4 Å². The smallest absolute Gasteiger partial charge is 0.408 e. The Hall–Kier alpha value is -2.37. The van der Waals surface area contributed by atoms with Crippen LogP contribution in [0.5, 0.6) is 0 Å². The summed E-state index contributed by atoms with van der Waals surface area (Å²) in [5, 5.41) is 4.98. The average Bonchev–Trinajstić information content (AvgIpc) is 2.50. The van der Waals surface area contributed by atoms with Crippen LogP contribution in [-0.4, -0.2) is 30.9 Å². The Labute approximate surface area is 130 Å². The second kappa shape index (κ2) is 9.55.